The van der Waals surface area contributed by atoms with Gasteiger partial charge in [-0.2, -0.15) is 25.8 Å². The van der Waals surface area contributed by atoms with Crippen LogP contribution in [0.25, 0.3) is 11.2 Å². The highest BCUT2D eigenvalue weighted by atomic mass is 32.1. The van der Waals surface area contributed by atoms with E-state index in [-0.39, 0.29) is 23.0 Å². The molecule has 0 amide bonds. The predicted molar refractivity (Wildman–Crippen MR) is 99.8 cm³/mol. The fourth-order valence-corrected chi connectivity index (χ4v) is 3.32. The van der Waals surface area contributed by atoms with Gasteiger partial charge < -0.3 is 25.0 Å². The summed E-state index contributed by atoms with van der Waals surface area (Å²) >= 11 is 4.09. The number of aryl methyl sites for hydroxylation is 1. The standard InChI is InChI=1S/C16H22F3N5O4S/c1-27-5-4-20-13-10-14(23-9(22-13)2-3-16(17,18)19)24(7-21-10)15-12(26)11(25)8(6-29)28-15/h7-8,11-12,15,25-26,29H,2-6H2,1H3,(H,20,22,23)/t8-,11-,12-,15-/m1/s1. The third-order valence-electron chi connectivity index (χ3n) is 4.49. The van der Waals surface area contributed by atoms with Crippen LogP contribution in [0.5, 0.6) is 0 Å². The number of rotatable bonds is 8. The molecule has 2 aromatic heterocycles. The number of aliphatic hydroxyl groups excluding tert-OH is 2. The molecule has 4 atom stereocenters. The van der Waals surface area contributed by atoms with Crippen molar-refractivity contribution in [1.82, 2.24) is 19.5 Å². The average Bonchev–Trinajstić information content (AvgIpc) is 3.21. The van der Waals surface area contributed by atoms with Crippen molar-refractivity contribution in [2.24, 2.45) is 0 Å². The Bertz CT molecular complexity index is 837. The number of hydrogen-bond donors (Lipinski definition) is 4. The van der Waals surface area contributed by atoms with Crippen LogP contribution in [0.15, 0.2) is 6.33 Å². The van der Waals surface area contributed by atoms with Crippen molar-refractivity contribution in [3.63, 3.8) is 0 Å². The number of aliphatic hydroxyl groups is 2. The van der Waals surface area contributed by atoms with Gasteiger partial charge >= 0.3 is 6.18 Å². The quantitative estimate of drug-likeness (QED) is 0.356. The van der Waals surface area contributed by atoms with E-state index in [4.69, 9.17) is 9.47 Å². The Labute approximate surface area is 169 Å². The Morgan fingerprint density at radius 2 is 2.07 bits per heavy atom. The zero-order valence-electron chi connectivity index (χ0n) is 15.5. The van der Waals surface area contributed by atoms with Crippen LogP contribution in [0, 0.1) is 0 Å². The first-order valence-electron chi connectivity index (χ1n) is 8.90. The van der Waals surface area contributed by atoms with Gasteiger partial charge in [-0.15, -0.1) is 0 Å². The van der Waals surface area contributed by atoms with Crippen LogP contribution in [0.2, 0.25) is 0 Å². The highest BCUT2D eigenvalue weighted by Gasteiger charge is 2.43. The van der Waals surface area contributed by atoms with E-state index in [1.54, 1.807) is 0 Å². The van der Waals surface area contributed by atoms with Crippen molar-refractivity contribution in [2.45, 2.75) is 43.6 Å². The van der Waals surface area contributed by atoms with Gasteiger partial charge in [-0.05, 0) is 0 Å². The van der Waals surface area contributed by atoms with Gasteiger partial charge in [0.05, 0.1) is 25.5 Å². The Balaban J connectivity index is 1.98. The molecule has 0 saturated carbocycles. The molecule has 0 unspecified atom stereocenters. The molecule has 1 saturated heterocycles. The summed E-state index contributed by atoms with van der Waals surface area (Å²) in [4.78, 5) is 12.6. The van der Waals surface area contributed by atoms with Gasteiger partial charge in [0, 0.05) is 25.8 Å². The molecule has 0 aromatic carbocycles. The van der Waals surface area contributed by atoms with E-state index >= 15 is 0 Å². The summed E-state index contributed by atoms with van der Waals surface area (Å²) in [6.45, 7) is 0.710. The van der Waals surface area contributed by atoms with Crippen LogP contribution < -0.4 is 5.32 Å². The molecule has 0 radical (unpaired) electrons. The fourth-order valence-electron chi connectivity index (χ4n) is 3.02. The van der Waals surface area contributed by atoms with Crippen molar-refractivity contribution in [2.75, 3.05) is 31.3 Å². The molecule has 13 heteroatoms. The lowest BCUT2D eigenvalue weighted by molar-refractivity contribution is -0.134. The SMILES string of the molecule is COCCNc1nc(CCC(F)(F)F)nc2c1ncn2[C@@H]1O[C@H](CS)[C@@H](O)[C@H]1O. The van der Waals surface area contributed by atoms with E-state index in [1.165, 1.54) is 18.0 Å². The molecule has 1 fully saturated rings. The lowest BCUT2D eigenvalue weighted by atomic mass is 10.1. The molecule has 2 aromatic rings. The average molecular weight is 437 g/mol. The number of alkyl halides is 3. The van der Waals surface area contributed by atoms with Crippen molar-refractivity contribution in [1.29, 1.82) is 0 Å². The third kappa shape index (κ3) is 4.91. The van der Waals surface area contributed by atoms with E-state index in [0.29, 0.717) is 18.7 Å². The number of nitrogens with zero attached hydrogens (tertiary/aromatic N) is 4. The van der Waals surface area contributed by atoms with Crippen LogP contribution in [0.3, 0.4) is 0 Å². The zero-order chi connectivity index (χ0) is 21.2. The monoisotopic (exact) mass is 437 g/mol. The Hall–Kier alpha value is -1.67. The fraction of sp³-hybridized carbons (Fsp3) is 0.688. The molecule has 1 aliphatic heterocycles. The number of nitrogens with one attached hydrogen (secondary N) is 1. The van der Waals surface area contributed by atoms with Gasteiger partial charge in [0.15, 0.2) is 23.2 Å². The zero-order valence-corrected chi connectivity index (χ0v) is 16.4. The smallest absolute Gasteiger partial charge is 0.387 e. The van der Waals surface area contributed by atoms with E-state index in [1.807, 2.05) is 0 Å². The Kier molecular flexibility index (Phi) is 6.83. The normalized spacial score (nSPS) is 25.1. The summed E-state index contributed by atoms with van der Waals surface area (Å²) in [7, 11) is 1.52. The molecule has 162 valence electrons. The van der Waals surface area contributed by atoms with Gasteiger partial charge in [-0.1, -0.05) is 0 Å². The van der Waals surface area contributed by atoms with E-state index < -0.39 is 43.6 Å². The minimum absolute atomic E-state index is 0.0322. The second-order valence-corrected chi connectivity index (χ2v) is 6.94. The van der Waals surface area contributed by atoms with E-state index in [0.717, 1.165) is 0 Å². The van der Waals surface area contributed by atoms with Crippen molar-refractivity contribution >= 4 is 29.6 Å². The molecule has 9 nitrogen and oxygen atoms in total. The van der Waals surface area contributed by atoms with Gasteiger partial charge in [0.1, 0.15) is 18.0 Å². The minimum atomic E-state index is -4.35. The highest BCUT2D eigenvalue weighted by molar-refractivity contribution is 7.80. The van der Waals surface area contributed by atoms with Crippen LogP contribution in [-0.2, 0) is 15.9 Å². The van der Waals surface area contributed by atoms with Crippen molar-refractivity contribution in [3.05, 3.63) is 12.2 Å². The summed E-state index contributed by atoms with van der Waals surface area (Å²) in [5.74, 6) is 0.397. The van der Waals surface area contributed by atoms with Gasteiger partial charge in [0.2, 0.25) is 0 Å². The van der Waals surface area contributed by atoms with Gasteiger partial charge in [-0.25, -0.2) is 15.0 Å². The number of halogens is 3. The maximum absolute atomic E-state index is 12.7. The number of hydrogen-bond acceptors (Lipinski definition) is 9. The number of ether oxygens (including phenoxy) is 2. The Morgan fingerprint density at radius 3 is 2.69 bits per heavy atom. The predicted octanol–water partition coefficient (Wildman–Crippen LogP) is 0.928. The summed E-state index contributed by atoms with van der Waals surface area (Å²) in [6, 6.07) is 0. The first kappa shape index (κ1) is 22.0. The van der Waals surface area contributed by atoms with Crippen LogP contribution in [0.1, 0.15) is 18.5 Å². The highest BCUT2D eigenvalue weighted by Crippen LogP contribution is 2.33. The van der Waals surface area contributed by atoms with Crippen LogP contribution in [-0.4, -0.2) is 80.2 Å². The summed E-state index contributed by atoms with van der Waals surface area (Å²) in [5.41, 5.74) is 0.490. The molecule has 3 rings (SSSR count). The largest absolute Gasteiger partial charge is 0.389 e. The first-order chi connectivity index (χ1) is 13.7. The molecule has 1 aliphatic rings. The maximum atomic E-state index is 12.7. The first-order valence-corrected chi connectivity index (χ1v) is 9.54. The number of aromatic nitrogens is 4. The third-order valence-corrected chi connectivity index (χ3v) is 4.85. The number of fused-ring (bicyclic) bond motifs is 1. The van der Waals surface area contributed by atoms with Crippen LogP contribution >= 0.6 is 12.6 Å². The molecular formula is C16H22F3N5O4S. The molecule has 29 heavy (non-hydrogen) atoms. The lowest BCUT2D eigenvalue weighted by Crippen LogP contribution is -2.32. The van der Waals surface area contributed by atoms with E-state index in [9.17, 15) is 23.4 Å². The van der Waals surface area contributed by atoms with Crippen molar-refractivity contribution in [3.8, 4) is 0 Å². The minimum Gasteiger partial charge on any atom is -0.387 e. The summed E-state index contributed by atoms with van der Waals surface area (Å²) < 4.78 is 50.0. The maximum Gasteiger partial charge on any atom is 0.389 e. The second-order valence-electron chi connectivity index (χ2n) is 6.58. The molecule has 0 spiro atoms. The molecule has 3 heterocycles. The van der Waals surface area contributed by atoms with Gasteiger partial charge in [-0.3, -0.25) is 4.57 Å². The topological polar surface area (TPSA) is 115 Å². The van der Waals surface area contributed by atoms with E-state index in [2.05, 4.69) is 32.9 Å². The number of thiol groups is 1. The number of anilines is 1. The molecular weight excluding hydrogens is 415 g/mol. The summed E-state index contributed by atoms with van der Waals surface area (Å²) in [5, 5.41) is 23.4. The molecule has 3 N–H and O–H groups in total. The molecule has 0 bridgehead atoms. The van der Waals surface area contributed by atoms with Crippen LogP contribution in [0.4, 0.5) is 19.0 Å². The Morgan fingerprint density at radius 1 is 1.31 bits per heavy atom. The molecule has 0 aliphatic carbocycles. The number of methoxy groups -OCH3 is 1. The van der Waals surface area contributed by atoms with Gasteiger partial charge in [0.25, 0.3) is 0 Å². The lowest BCUT2D eigenvalue weighted by Gasteiger charge is -2.17. The van der Waals surface area contributed by atoms with Crippen molar-refractivity contribution < 1.29 is 32.9 Å². The number of imidazole rings is 1. The second kappa shape index (κ2) is 9.00. The summed E-state index contributed by atoms with van der Waals surface area (Å²) in [6.07, 6.45) is -8.66.